The van der Waals surface area contributed by atoms with Crippen LogP contribution in [0.4, 0.5) is 13.2 Å². The highest BCUT2D eigenvalue weighted by Gasteiger charge is 2.50. The van der Waals surface area contributed by atoms with Gasteiger partial charge >= 0.3 is 6.11 Å². The SMILES string of the molecule is O=C(NOC(F)(F)[C@H]1CCN(C(=O)c2cc(Cl)c3nccnc3c2)C[C@@H]1c1ccc(F)cc1)c1ccccc1. The van der Waals surface area contributed by atoms with E-state index in [0.29, 0.717) is 16.6 Å². The van der Waals surface area contributed by atoms with Crippen LogP contribution in [-0.4, -0.2) is 45.9 Å². The van der Waals surface area contributed by atoms with Gasteiger partial charge in [-0.05, 0) is 48.4 Å². The first-order valence-electron chi connectivity index (χ1n) is 12.1. The van der Waals surface area contributed by atoms with E-state index in [2.05, 4.69) is 14.8 Å². The highest BCUT2D eigenvalue weighted by Crippen LogP contribution is 2.43. The number of nitrogens with one attached hydrogen (secondary N) is 1. The third kappa shape index (κ3) is 5.71. The molecule has 2 atom stereocenters. The van der Waals surface area contributed by atoms with Crippen molar-refractivity contribution in [2.75, 3.05) is 13.1 Å². The monoisotopic (exact) mass is 554 g/mol. The van der Waals surface area contributed by atoms with Crippen molar-refractivity contribution in [3.05, 3.63) is 107 Å². The predicted molar refractivity (Wildman–Crippen MR) is 138 cm³/mol. The topological polar surface area (TPSA) is 84.4 Å². The average Bonchev–Trinajstić information content (AvgIpc) is 2.96. The van der Waals surface area contributed by atoms with Gasteiger partial charge in [0.1, 0.15) is 11.3 Å². The molecule has 2 amide bonds. The number of likely N-dealkylation sites (tertiary alicyclic amines) is 1. The molecule has 0 bridgehead atoms. The molecule has 11 heteroatoms. The van der Waals surface area contributed by atoms with Crippen molar-refractivity contribution in [3.8, 4) is 0 Å². The van der Waals surface area contributed by atoms with Gasteiger partial charge in [0, 0.05) is 42.5 Å². The standard InChI is InChI=1S/C28H22ClF3N4O3/c29-23-14-19(15-24-25(23)34-12-11-33-24)27(38)36-13-10-22(21(16-36)17-6-8-20(30)9-7-17)28(31,32)39-35-26(37)18-4-2-1-3-5-18/h1-9,11-12,14-15,21-22H,10,13,16H2,(H,35,37)/t21-,22+/m1/s1. The molecule has 2 heterocycles. The summed E-state index contributed by atoms with van der Waals surface area (Å²) in [5.74, 6) is -4.12. The number of hydrogen-bond donors (Lipinski definition) is 1. The van der Waals surface area contributed by atoms with Crippen LogP contribution in [0.2, 0.25) is 5.02 Å². The number of piperidine rings is 1. The molecule has 0 aliphatic carbocycles. The van der Waals surface area contributed by atoms with Crippen molar-refractivity contribution in [2.24, 2.45) is 5.92 Å². The maximum atomic E-state index is 15.4. The number of nitrogens with zero attached hydrogens (tertiary/aromatic N) is 3. The van der Waals surface area contributed by atoms with Crippen molar-refractivity contribution in [2.45, 2.75) is 18.4 Å². The summed E-state index contributed by atoms with van der Waals surface area (Å²) in [5, 5.41) is 0.239. The smallest absolute Gasteiger partial charge is 0.338 e. The lowest BCUT2D eigenvalue weighted by Crippen LogP contribution is -2.50. The van der Waals surface area contributed by atoms with Gasteiger partial charge in [0.25, 0.3) is 11.8 Å². The molecule has 1 fully saturated rings. The minimum atomic E-state index is -3.79. The van der Waals surface area contributed by atoms with E-state index in [1.54, 1.807) is 24.3 Å². The van der Waals surface area contributed by atoms with E-state index < -0.39 is 35.6 Å². The van der Waals surface area contributed by atoms with E-state index in [4.69, 9.17) is 11.6 Å². The van der Waals surface area contributed by atoms with Crippen molar-refractivity contribution in [3.63, 3.8) is 0 Å². The Morgan fingerprint density at radius 2 is 1.72 bits per heavy atom. The first kappa shape index (κ1) is 26.6. The highest BCUT2D eigenvalue weighted by atomic mass is 35.5. The summed E-state index contributed by atoms with van der Waals surface area (Å²) in [6, 6.07) is 16.0. The summed E-state index contributed by atoms with van der Waals surface area (Å²) in [5.41, 5.74) is 3.50. The Hall–Kier alpha value is -4.02. The van der Waals surface area contributed by atoms with Gasteiger partial charge in [-0.3, -0.25) is 19.6 Å². The Morgan fingerprint density at radius 1 is 1.00 bits per heavy atom. The Kier molecular flexibility index (Phi) is 7.49. The van der Waals surface area contributed by atoms with Gasteiger partial charge in [-0.2, -0.15) is 8.78 Å². The molecule has 0 radical (unpaired) electrons. The number of hydrogen-bond acceptors (Lipinski definition) is 5. The lowest BCUT2D eigenvalue weighted by molar-refractivity contribution is -0.301. The zero-order valence-electron chi connectivity index (χ0n) is 20.4. The lowest BCUT2D eigenvalue weighted by Gasteiger charge is -2.41. The number of amides is 2. The minimum absolute atomic E-state index is 0.0110. The van der Waals surface area contributed by atoms with E-state index in [9.17, 15) is 14.0 Å². The lowest BCUT2D eigenvalue weighted by atomic mass is 9.79. The molecule has 5 rings (SSSR count). The molecular weight excluding hydrogens is 533 g/mol. The second-order valence-corrected chi connectivity index (χ2v) is 9.55. The van der Waals surface area contributed by atoms with Crippen LogP contribution in [0.1, 0.15) is 38.6 Å². The first-order chi connectivity index (χ1) is 18.7. The van der Waals surface area contributed by atoms with E-state index >= 15 is 8.78 Å². The normalized spacial score (nSPS) is 17.7. The number of carbonyl (C=O) groups excluding carboxylic acids is 2. The molecule has 1 N–H and O–H groups in total. The van der Waals surface area contributed by atoms with Crippen LogP contribution in [0.3, 0.4) is 0 Å². The minimum Gasteiger partial charge on any atom is -0.338 e. The molecule has 1 aliphatic heterocycles. The maximum Gasteiger partial charge on any atom is 0.378 e. The molecule has 0 spiro atoms. The van der Waals surface area contributed by atoms with Crippen LogP contribution in [0.5, 0.6) is 0 Å². The van der Waals surface area contributed by atoms with Crippen LogP contribution in [0.25, 0.3) is 11.0 Å². The number of benzene rings is 3. The summed E-state index contributed by atoms with van der Waals surface area (Å²) >= 11 is 6.31. The van der Waals surface area contributed by atoms with Gasteiger partial charge < -0.3 is 4.90 Å². The van der Waals surface area contributed by atoms with Crippen molar-refractivity contribution >= 4 is 34.4 Å². The van der Waals surface area contributed by atoms with Crippen LogP contribution < -0.4 is 5.48 Å². The van der Waals surface area contributed by atoms with Crippen LogP contribution in [0.15, 0.2) is 79.1 Å². The van der Waals surface area contributed by atoms with Crippen LogP contribution >= 0.6 is 11.6 Å². The van der Waals surface area contributed by atoms with Gasteiger partial charge in [-0.1, -0.05) is 41.9 Å². The Morgan fingerprint density at radius 3 is 2.46 bits per heavy atom. The molecule has 4 aromatic rings. The molecule has 0 saturated carbocycles. The Bertz CT molecular complexity index is 1510. The quantitative estimate of drug-likeness (QED) is 0.313. The number of halogens is 4. The van der Waals surface area contributed by atoms with Crippen molar-refractivity contribution in [1.82, 2.24) is 20.3 Å². The highest BCUT2D eigenvalue weighted by molar-refractivity contribution is 6.35. The zero-order chi connectivity index (χ0) is 27.6. The molecule has 1 saturated heterocycles. The first-order valence-corrected chi connectivity index (χ1v) is 12.5. The van der Waals surface area contributed by atoms with Crippen LogP contribution in [0, 0.1) is 11.7 Å². The average molecular weight is 555 g/mol. The second kappa shape index (κ2) is 11.0. The van der Waals surface area contributed by atoms with Crippen molar-refractivity contribution in [1.29, 1.82) is 0 Å². The van der Waals surface area contributed by atoms with Gasteiger partial charge in [0.05, 0.1) is 16.5 Å². The molecule has 0 unspecified atom stereocenters. The molecular formula is C28H22ClF3N4O3. The number of fused-ring (bicyclic) bond motifs is 1. The van der Waals surface area contributed by atoms with Crippen LogP contribution in [-0.2, 0) is 4.84 Å². The number of aromatic nitrogens is 2. The van der Waals surface area contributed by atoms with E-state index in [1.807, 2.05) is 5.48 Å². The second-order valence-electron chi connectivity index (χ2n) is 9.15. The van der Waals surface area contributed by atoms with Gasteiger partial charge in [-0.25, -0.2) is 14.7 Å². The fourth-order valence-corrected chi connectivity index (χ4v) is 5.03. The number of carbonyl (C=O) groups is 2. The number of rotatable bonds is 6. The maximum absolute atomic E-state index is 15.4. The largest absolute Gasteiger partial charge is 0.378 e. The summed E-state index contributed by atoms with van der Waals surface area (Å²) < 4.78 is 44.5. The third-order valence-corrected chi connectivity index (χ3v) is 7.01. The molecule has 200 valence electrons. The molecule has 3 aromatic carbocycles. The zero-order valence-corrected chi connectivity index (χ0v) is 21.1. The predicted octanol–water partition coefficient (Wildman–Crippen LogP) is 5.62. The summed E-state index contributed by atoms with van der Waals surface area (Å²) in [4.78, 5) is 40.2. The Balaban J connectivity index is 1.39. The summed E-state index contributed by atoms with van der Waals surface area (Å²) in [6.45, 7) is -0.111. The van der Waals surface area contributed by atoms with Gasteiger partial charge in [-0.15, -0.1) is 0 Å². The molecule has 1 aromatic heterocycles. The summed E-state index contributed by atoms with van der Waals surface area (Å²) in [7, 11) is 0. The number of alkyl halides is 2. The summed E-state index contributed by atoms with van der Waals surface area (Å²) in [6.07, 6.45) is -0.983. The van der Waals surface area contributed by atoms with Gasteiger partial charge in [0.15, 0.2) is 0 Å². The Labute approximate surface area is 226 Å². The number of hydroxylamine groups is 1. The molecule has 1 aliphatic rings. The van der Waals surface area contributed by atoms with Gasteiger partial charge in [0.2, 0.25) is 0 Å². The fraction of sp³-hybridized carbons (Fsp3) is 0.214. The van der Waals surface area contributed by atoms with E-state index in [1.165, 1.54) is 59.8 Å². The van der Waals surface area contributed by atoms with E-state index in [0.717, 1.165) is 0 Å². The fourth-order valence-electron chi connectivity index (χ4n) is 4.76. The molecule has 39 heavy (non-hydrogen) atoms. The van der Waals surface area contributed by atoms with Crippen molar-refractivity contribution < 1.29 is 27.6 Å². The third-order valence-electron chi connectivity index (χ3n) is 6.72. The molecule has 7 nitrogen and oxygen atoms in total. The van der Waals surface area contributed by atoms with E-state index in [-0.39, 0.29) is 35.7 Å².